The number of aryl methyl sites for hydroxylation is 1. The van der Waals surface area contributed by atoms with Gasteiger partial charge in [0, 0.05) is 23.7 Å². The number of likely N-dealkylation sites (N-methyl/N-ethyl adjacent to an activating group) is 1. The van der Waals surface area contributed by atoms with E-state index < -0.39 is 41.9 Å². The zero-order chi connectivity index (χ0) is 26.3. The topological polar surface area (TPSA) is 127 Å². The number of benzene rings is 1. The normalized spacial score (nSPS) is 15.0. The van der Waals surface area contributed by atoms with Crippen LogP contribution in [0, 0.1) is 24.0 Å². The Bertz CT molecular complexity index is 1000. The van der Waals surface area contributed by atoms with Crippen LogP contribution in [0.25, 0.3) is 6.08 Å². The first-order chi connectivity index (χ1) is 16.3. The number of ether oxygens (including phenoxy) is 4. The number of carbonyl (C=O) groups excluding carboxylic acids is 2. The Morgan fingerprint density at radius 1 is 1.20 bits per heavy atom. The number of fused-ring (bicyclic) bond motifs is 1. The molecule has 1 aromatic rings. The molecule has 194 valence electrons. The molecule has 1 aromatic carbocycles. The summed E-state index contributed by atoms with van der Waals surface area (Å²) in [5, 5.41) is 9.44. The standard InChI is InChI=1S/C20H22ClF3N2O9/c1-11-8-15-13(12(2)16(11)21)9-14(17(35-15)20(22,23)24)18(27)32-10-33-19(28)31-6-4-25(3)5-7-34-26(29)30/h8-9,17H,4-7,10H2,1-3H3/t17-/m0/s1. The van der Waals surface area contributed by atoms with Gasteiger partial charge in [-0.3, -0.25) is 0 Å². The van der Waals surface area contributed by atoms with E-state index >= 15 is 0 Å². The van der Waals surface area contributed by atoms with Gasteiger partial charge in [-0.05, 0) is 44.2 Å². The highest BCUT2D eigenvalue weighted by atomic mass is 35.5. The van der Waals surface area contributed by atoms with E-state index in [0.717, 1.165) is 6.08 Å². The molecule has 1 aliphatic heterocycles. The molecule has 0 aliphatic carbocycles. The van der Waals surface area contributed by atoms with E-state index in [1.165, 1.54) is 6.07 Å². The van der Waals surface area contributed by atoms with E-state index in [0.29, 0.717) is 16.1 Å². The van der Waals surface area contributed by atoms with Crippen molar-refractivity contribution in [2.45, 2.75) is 26.1 Å². The van der Waals surface area contributed by atoms with Crippen LogP contribution < -0.4 is 4.74 Å². The number of alkyl halides is 3. The molecule has 0 amide bonds. The summed E-state index contributed by atoms with van der Waals surface area (Å²) in [5.41, 5.74) is 0.276. The number of hydrogen-bond acceptors (Lipinski definition) is 10. The predicted octanol–water partition coefficient (Wildman–Crippen LogP) is 3.46. The van der Waals surface area contributed by atoms with Gasteiger partial charge in [0.2, 0.25) is 12.9 Å². The lowest BCUT2D eigenvalue weighted by Crippen LogP contribution is -2.41. The maximum atomic E-state index is 13.5. The largest absolute Gasteiger partial charge is 0.511 e. The van der Waals surface area contributed by atoms with Crippen molar-refractivity contribution >= 4 is 29.8 Å². The maximum absolute atomic E-state index is 13.5. The number of nitrogens with zero attached hydrogens (tertiary/aromatic N) is 2. The lowest BCUT2D eigenvalue weighted by Gasteiger charge is -2.29. The summed E-state index contributed by atoms with van der Waals surface area (Å²) >= 11 is 6.15. The third-order valence-corrected chi connectivity index (χ3v) is 5.36. The van der Waals surface area contributed by atoms with Crippen LogP contribution in [-0.2, 0) is 23.8 Å². The number of rotatable bonds is 10. The van der Waals surface area contributed by atoms with Crippen LogP contribution in [0.4, 0.5) is 18.0 Å². The Morgan fingerprint density at radius 3 is 2.49 bits per heavy atom. The molecule has 0 saturated carbocycles. The lowest BCUT2D eigenvalue weighted by molar-refractivity contribution is -0.757. The molecule has 1 aliphatic rings. The molecular weight excluding hydrogens is 505 g/mol. The molecule has 0 radical (unpaired) electrons. The first kappa shape index (κ1) is 28.0. The summed E-state index contributed by atoms with van der Waals surface area (Å²) in [7, 11) is 1.59. The number of hydrogen-bond donors (Lipinski definition) is 0. The van der Waals surface area contributed by atoms with Crippen molar-refractivity contribution < 1.29 is 51.6 Å². The molecule has 0 unspecified atom stereocenters. The average molecular weight is 527 g/mol. The third kappa shape index (κ3) is 7.89. The zero-order valence-corrected chi connectivity index (χ0v) is 19.6. The van der Waals surface area contributed by atoms with E-state index in [2.05, 4.69) is 14.3 Å². The van der Waals surface area contributed by atoms with Crippen molar-refractivity contribution in [2.24, 2.45) is 0 Å². The molecule has 15 heteroatoms. The SMILES string of the molecule is Cc1cc2c(c(C)c1Cl)C=C(C(=O)OCOC(=O)OCCN(C)CCO[N+](=O)[O-])[C@@H](C(F)(F)F)O2. The fourth-order valence-corrected chi connectivity index (χ4v) is 3.12. The molecule has 0 fully saturated rings. The molecule has 0 aromatic heterocycles. The second kappa shape index (κ2) is 11.9. The second-order valence-corrected chi connectivity index (χ2v) is 7.71. The van der Waals surface area contributed by atoms with Gasteiger partial charge < -0.3 is 28.7 Å². The van der Waals surface area contributed by atoms with E-state index in [1.54, 1.807) is 25.8 Å². The molecule has 35 heavy (non-hydrogen) atoms. The van der Waals surface area contributed by atoms with Gasteiger partial charge in [0.1, 0.15) is 19.0 Å². The molecule has 0 spiro atoms. The zero-order valence-electron chi connectivity index (χ0n) is 18.8. The Morgan fingerprint density at radius 2 is 1.86 bits per heavy atom. The van der Waals surface area contributed by atoms with Crippen LogP contribution in [0.5, 0.6) is 5.75 Å². The fraction of sp³-hybridized carbons (Fsp3) is 0.500. The lowest BCUT2D eigenvalue weighted by atomic mass is 9.96. The Kier molecular flexibility index (Phi) is 9.54. The Labute approximate surface area is 202 Å². The molecule has 11 nitrogen and oxygen atoms in total. The summed E-state index contributed by atoms with van der Waals surface area (Å²) in [6.07, 6.45) is -7.78. The molecule has 0 bridgehead atoms. The second-order valence-electron chi connectivity index (χ2n) is 7.34. The van der Waals surface area contributed by atoms with Crippen molar-refractivity contribution in [3.8, 4) is 5.75 Å². The number of halogens is 4. The number of esters is 1. The van der Waals surface area contributed by atoms with Crippen LogP contribution in [0.2, 0.25) is 5.02 Å². The number of carbonyl (C=O) groups is 2. The highest BCUT2D eigenvalue weighted by molar-refractivity contribution is 6.32. The van der Waals surface area contributed by atoms with E-state index in [4.69, 9.17) is 21.1 Å². The van der Waals surface area contributed by atoms with Crippen LogP contribution in [0.3, 0.4) is 0 Å². The molecule has 0 saturated heterocycles. The third-order valence-electron chi connectivity index (χ3n) is 4.78. The molecule has 2 rings (SSSR count). The van der Waals surface area contributed by atoms with E-state index in [-0.39, 0.29) is 37.6 Å². The summed E-state index contributed by atoms with van der Waals surface area (Å²) in [5.74, 6) is -1.49. The Hall–Kier alpha value is -3.26. The monoisotopic (exact) mass is 526 g/mol. The van der Waals surface area contributed by atoms with Gasteiger partial charge in [0.15, 0.2) is 0 Å². The van der Waals surface area contributed by atoms with Gasteiger partial charge in [0.25, 0.3) is 5.09 Å². The van der Waals surface area contributed by atoms with Gasteiger partial charge in [-0.2, -0.15) is 13.2 Å². The van der Waals surface area contributed by atoms with Crippen LogP contribution >= 0.6 is 11.6 Å². The van der Waals surface area contributed by atoms with Gasteiger partial charge >= 0.3 is 18.3 Å². The minimum absolute atomic E-state index is 0.0852. The maximum Gasteiger partial charge on any atom is 0.511 e. The first-order valence-electron chi connectivity index (χ1n) is 9.98. The molecule has 1 heterocycles. The van der Waals surface area contributed by atoms with Gasteiger partial charge in [-0.25, -0.2) is 9.59 Å². The fourth-order valence-electron chi connectivity index (χ4n) is 2.97. The summed E-state index contributed by atoms with van der Waals surface area (Å²) < 4.78 is 59.6. The minimum Gasteiger partial charge on any atom is -0.475 e. The van der Waals surface area contributed by atoms with Gasteiger partial charge in [0.05, 0.1) is 5.57 Å². The molecule has 1 atom stereocenters. The van der Waals surface area contributed by atoms with Crippen LogP contribution in [0.15, 0.2) is 11.6 Å². The van der Waals surface area contributed by atoms with Crippen LogP contribution in [0.1, 0.15) is 16.7 Å². The van der Waals surface area contributed by atoms with Crippen LogP contribution in [-0.4, -0.2) is 74.5 Å². The minimum atomic E-state index is -4.93. The highest BCUT2D eigenvalue weighted by Gasteiger charge is 2.49. The van der Waals surface area contributed by atoms with Crippen molar-refractivity contribution in [1.29, 1.82) is 0 Å². The predicted molar refractivity (Wildman–Crippen MR) is 113 cm³/mol. The van der Waals surface area contributed by atoms with Crippen molar-refractivity contribution in [3.63, 3.8) is 0 Å². The quantitative estimate of drug-likeness (QED) is 0.193. The van der Waals surface area contributed by atoms with E-state index in [1.807, 2.05) is 0 Å². The summed E-state index contributed by atoms with van der Waals surface area (Å²) in [6.45, 7) is 2.17. The first-order valence-corrected chi connectivity index (χ1v) is 10.4. The molecule has 0 N–H and O–H groups in total. The average Bonchev–Trinajstić information content (AvgIpc) is 2.76. The van der Waals surface area contributed by atoms with Gasteiger partial charge in [-0.15, -0.1) is 10.1 Å². The molecular formula is C20H22ClF3N2O9. The highest BCUT2D eigenvalue weighted by Crippen LogP contribution is 2.41. The van der Waals surface area contributed by atoms with E-state index in [9.17, 15) is 32.9 Å². The van der Waals surface area contributed by atoms with Crippen molar-refractivity contribution in [1.82, 2.24) is 4.90 Å². The smallest absolute Gasteiger partial charge is 0.475 e. The van der Waals surface area contributed by atoms with Crippen molar-refractivity contribution in [2.75, 3.05) is 40.1 Å². The Balaban J connectivity index is 1.92. The summed E-state index contributed by atoms with van der Waals surface area (Å²) in [4.78, 5) is 39.7. The van der Waals surface area contributed by atoms with Gasteiger partial charge in [-0.1, -0.05) is 11.6 Å². The summed E-state index contributed by atoms with van der Waals surface area (Å²) in [6, 6.07) is 1.34. The van der Waals surface area contributed by atoms with Crippen molar-refractivity contribution in [3.05, 3.63) is 43.5 Å².